The summed E-state index contributed by atoms with van der Waals surface area (Å²) in [6.07, 6.45) is 1.92. The van der Waals surface area contributed by atoms with Crippen LogP contribution in [0, 0.1) is 6.92 Å². The van der Waals surface area contributed by atoms with E-state index in [0.29, 0.717) is 40.8 Å². The van der Waals surface area contributed by atoms with E-state index < -0.39 is 0 Å². The molecule has 1 amide bonds. The number of thioether (sulfide) groups is 1. The zero-order chi connectivity index (χ0) is 24.9. The maximum absolute atomic E-state index is 13.5. The minimum Gasteiger partial charge on any atom is -0.495 e. The molecule has 0 saturated heterocycles. The number of aromatic nitrogens is 3. The largest absolute Gasteiger partial charge is 0.495 e. The molecule has 0 fully saturated rings. The molecule has 1 N–H and O–H groups in total. The number of amides is 1. The van der Waals surface area contributed by atoms with Gasteiger partial charge in [0.2, 0.25) is 5.91 Å². The third-order valence-corrected chi connectivity index (χ3v) is 6.58. The first kappa shape index (κ1) is 24.6. The van der Waals surface area contributed by atoms with Gasteiger partial charge in [-0.15, -0.1) is 0 Å². The molecule has 0 saturated carbocycles. The molecule has 9 heteroatoms. The summed E-state index contributed by atoms with van der Waals surface area (Å²) in [5.41, 5.74) is 4.41. The van der Waals surface area contributed by atoms with Gasteiger partial charge >= 0.3 is 0 Å². The van der Waals surface area contributed by atoms with Gasteiger partial charge in [-0.2, -0.15) is 0 Å². The van der Waals surface area contributed by atoms with Crippen LogP contribution in [0.25, 0.3) is 22.2 Å². The van der Waals surface area contributed by atoms with Gasteiger partial charge in [-0.1, -0.05) is 48.2 Å². The Bertz CT molecular complexity index is 1410. The van der Waals surface area contributed by atoms with Crippen molar-refractivity contribution in [1.82, 2.24) is 14.1 Å². The van der Waals surface area contributed by atoms with Crippen molar-refractivity contribution in [3.8, 4) is 16.9 Å². The van der Waals surface area contributed by atoms with Crippen molar-refractivity contribution in [3.63, 3.8) is 0 Å². The van der Waals surface area contributed by atoms with Gasteiger partial charge < -0.3 is 19.4 Å². The minimum absolute atomic E-state index is 0.0789. The lowest BCUT2D eigenvalue weighted by Gasteiger charge is -2.13. The fraction of sp³-hybridized carbons (Fsp3) is 0.269. The van der Waals surface area contributed by atoms with Gasteiger partial charge in [0.1, 0.15) is 16.8 Å². The van der Waals surface area contributed by atoms with E-state index in [1.165, 1.54) is 11.8 Å². The van der Waals surface area contributed by atoms with Gasteiger partial charge in [0.15, 0.2) is 5.16 Å². The van der Waals surface area contributed by atoms with E-state index >= 15 is 0 Å². The Morgan fingerprint density at radius 2 is 1.91 bits per heavy atom. The highest BCUT2D eigenvalue weighted by Gasteiger charge is 2.19. The monoisotopic (exact) mass is 492 g/mol. The van der Waals surface area contributed by atoms with E-state index in [9.17, 15) is 9.59 Å². The smallest absolute Gasteiger partial charge is 0.278 e. The van der Waals surface area contributed by atoms with Crippen molar-refractivity contribution in [2.24, 2.45) is 7.05 Å². The van der Waals surface area contributed by atoms with E-state index in [1.54, 1.807) is 18.8 Å². The van der Waals surface area contributed by atoms with Gasteiger partial charge in [-0.05, 0) is 30.2 Å². The lowest BCUT2D eigenvalue weighted by molar-refractivity contribution is -0.113. The number of fused-ring (bicyclic) bond motifs is 1. The molecule has 0 radical (unpaired) electrons. The van der Waals surface area contributed by atoms with Gasteiger partial charge in [-0.25, -0.2) is 4.98 Å². The molecule has 2 aromatic carbocycles. The molecule has 182 valence electrons. The molecule has 35 heavy (non-hydrogen) atoms. The van der Waals surface area contributed by atoms with Crippen molar-refractivity contribution in [1.29, 1.82) is 0 Å². The standard InChI is InChI=1S/C26H28N4O4S/c1-17-10-11-21(34-4)20(14-17)27-22(31)16-35-26-28-23-19(18-8-6-5-7-9-18)15-29(2)24(23)25(32)30(26)12-13-33-3/h5-11,14-15H,12-13,16H2,1-4H3,(H,27,31). The molecule has 0 aliphatic heterocycles. The van der Waals surface area contributed by atoms with E-state index in [2.05, 4.69) is 5.32 Å². The summed E-state index contributed by atoms with van der Waals surface area (Å²) in [5.74, 6) is 0.445. The number of ether oxygens (including phenoxy) is 2. The Kier molecular flexibility index (Phi) is 7.57. The highest BCUT2D eigenvalue weighted by Crippen LogP contribution is 2.30. The summed E-state index contributed by atoms with van der Waals surface area (Å²) in [6, 6.07) is 15.4. The number of methoxy groups -OCH3 is 2. The zero-order valence-corrected chi connectivity index (χ0v) is 21.0. The topological polar surface area (TPSA) is 87.4 Å². The molecule has 0 atom stereocenters. The molecule has 0 unspecified atom stereocenters. The highest BCUT2D eigenvalue weighted by molar-refractivity contribution is 7.99. The van der Waals surface area contributed by atoms with E-state index in [-0.39, 0.29) is 17.2 Å². The van der Waals surface area contributed by atoms with Crippen LogP contribution in [0.2, 0.25) is 0 Å². The fourth-order valence-corrected chi connectivity index (χ4v) is 4.72. The lowest BCUT2D eigenvalue weighted by atomic mass is 10.1. The third kappa shape index (κ3) is 5.26. The molecule has 4 rings (SSSR count). The predicted octanol–water partition coefficient (Wildman–Crippen LogP) is 4.10. The maximum Gasteiger partial charge on any atom is 0.278 e. The fourth-order valence-electron chi connectivity index (χ4n) is 3.90. The van der Waals surface area contributed by atoms with Crippen molar-refractivity contribution in [2.45, 2.75) is 18.6 Å². The second-order valence-corrected chi connectivity index (χ2v) is 9.04. The number of aryl methyl sites for hydroxylation is 2. The Morgan fingerprint density at radius 1 is 1.14 bits per heavy atom. The Hall–Kier alpha value is -3.56. The molecule has 0 bridgehead atoms. The number of hydrogen-bond acceptors (Lipinski definition) is 6. The molecule has 8 nitrogen and oxygen atoms in total. The number of carbonyl (C=O) groups is 1. The van der Waals surface area contributed by atoms with Gasteiger partial charge in [0.25, 0.3) is 5.56 Å². The lowest BCUT2D eigenvalue weighted by Crippen LogP contribution is -2.27. The Morgan fingerprint density at radius 3 is 2.63 bits per heavy atom. The average molecular weight is 493 g/mol. The summed E-state index contributed by atoms with van der Waals surface area (Å²) in [6.45, 7) is 2.63. The van der Waals surface area contributed by atoms with E-state index in [0.717, 1.165) is 16.7 Å². The van der Waals surface area contributed by atoms with Crippen LogP contribution in [0.3, 0.4) is 0 Å². The summed E-state index contributed by atoms with van der Waals surface area (Å²) in [4.78, 5) is 31.2. The number of nitrogens with one attached hydrogen (secondary N) is 1. The van der Waals surface area contributed by atoms with Crippen molar-refractivity contribution >= 4 is 34.4 Å². The van der Waals surface area contributed by atoms with E-state index in [4.69, 9.17) is 14.5 Å². The predicted molar refractivity (Wildman–Crippen MR) is 139 cm³/mol. The molecule has 0 aliphatic carbocycles. The Labute approximate surface area is 207 Å². The summed E-state index contributed by atoms with van der Waals surface area (Å²) in [5, 5.41) is 3.37. The molecule has 4 aromatic rings. The van der Waals surface area contributed by atoms with Crippen molar-refractivity contribution in [3.05, 3.63) is 70.6 Å². The number of rotatable bonds is 9. The van der Waals surface area contributed by atoms with Crippen molar-refractivity contribution < 1.29 is 14.3 Å². The summed E-state index contributed by atoms with van der Waals surface area (Å²) < 4.78 is 14.0. The second-order valence-electron chi connectivity index (χ2n) is 8.10. The van der Waals surface area contributed by atoms with Crippen LogP contribution in [0.4, 0.5) is 5.69 Å². The minimum atomic E-state index is -0.220. The number of hydrogen-bond donors (Lipinski definition) is 1. The second kappa shape index (κ2) is 10.8. The molecule has 2 aromatic heterocycles. The van der Waals surface area contributed by atoms with Crippen molar-refractivity contribution in [2.75, 3.05) is 31.9 Å². The average Bonchev–Trinajstić information content (AvgIpc) is 3.19. The normalized spacial score (nSPS) is 11.1. The van der Waals surface area contributed by atoms with Gasteiger partial charge in [-0.3, -0.25) is 14.2 Å². The SMILES string of the molecule is COCCn1c(SCC(=O)Nc2cc(C)ccc2OC)nc2c(-c3ccccc3)cn(C)c2c1=O. The van der Waals surface area contributed by atoms with Crippen LogP contribution in [0.15, 0.2) is 64.7 Å². The maximum atomic E-state index is 13.5. The number of carbonyl (C=O) groups excluding carboxylic acids is 1. The van der Waals surface area contributed by atoms with Gasteiger partial charge in [0, 0.05) is 25.9 Å². The summed E-state index contributed by atoms with van der Waals surface area (Å²) in [7, 11) is 4.99. The first-order valence-corrected chi connectivity index (χ1v) is 12.1. The van der Waals surface area contributed by atoms with Crippen LogP contribution < -0.4 is 15.6 Å². The molecule has 0 spiro atoms. The van der Waals surface area contributed by atoms with Gasteiger partial charge in [0.05, 0.1) is 31.7 Å². The number of benzene rings is 2. The molecular weight excluding hydrogens is 464 g/mol. The Balaban J connectivity index is 1.68. The van der Waals surface area contributed by atoms with Crippen LogP contribution in [-0.2, 0) is 23.1 Å². The van der Waals surface area contributed by atoms with Crippen LogP contribution in [0.1, 0.15) is 5.56 Å². The summed E-state index contributed by atoms with van der Waals surface area (Å²) >= 11 is 1.22. The van der Waals surface area contributed by atoms with Crippen LogP contribution >= 0.6 is 11.8 Å². The molecule has 2 heterocycles. The highest BCUT2D eigenvalue weighted by atomic mass is 32.2. The third-order valence-electron chi connectivity index (χ3n) is 5.61. The van der Waals surface area contributed by atoms with E-state index in [1.807, 2.05) is 73.3 Å². The zero-order valence-electron chi connectivity index (χ0n) is 20.2. The number of nitrogens with zero attached hydrogens (tertiary/aromatic N) is 3. The van der Waals surface area contributed by atoms with Crippen LogP contribution in [0.5, 0.6) is 5.75 Å². The van der Waals surface area contributed by atoms with Crippen LogP contribution in [-0.4, -0.2) is 46.6 Å². The molecular formula is C26H28N4O4S. The number of anilines is 1. The first-order valence-electron chi connectivity index (χ1n) is 11.1. The quantitative estimate of drug-likeness (QED) is 0.280. The molecule has 0 aliphatic rings. The first-order chi connectivity index (χ1) is 16.9.